The number of aryl methyl sites for hydroxylation is 1. The minimum Gasteiger partial charge on any atom is -0.497 e. The van der Waals surface area contributed by atoms with E-state index in [1.54, 1.807) is 26.4 Å². The van der Waals surface area contributed by atoms with Crippen molar-refractivity contribution in [2.75, 3.05) is 14.2 Å². The molecule has 4 nitrogen and oxygen atoms in total. The second kappa shape index (κ2) is 6.79. The molecule has 0 aliphatic heterocycles. The third kappa shape index (κ3) is 3.99. The highest BCUT2D eigenvalue weighted by Crippen LogP contribution is 2.22. The Morgan fingerprint density at radius 2 is 1.71 bits per heavy atom. The summed E-state index contributed by atoms with van der Waals surface area (Å²) in [4.78, 5) is 12.1. The van der Waals surface area contributed by atoms with Gasteiger partial charge in [-0.05, 0) is 36.8 Å². The van der Waals surface area contributed by atoms with Gasteiger partial charge < -0.3 is 14.8 Å². The van der Waals surface area contributed by atoms with E-state index in [9.17, 15) is 4.79 Å². The van der Waals surface area contributed by atoms with Crippen molar-refractivity contribution in [3.8, 4) is 11.5 Å². The Morgan fingerprint density at radius 3 is 2.29 bits per heavy atom. The van der Waals surface area contributed by atoms with E-state index in [1.165, 1.54) is 0 Å². The third-order valence-electron chi connectivity index (χ3n) is 3.14. The zero-order valence-corrected chi connectivity index (χ0v) is 12.5. The highest BCUT2D eigenvalue weighted by molar-refractivity contribution is 5.94. The van der Waals surface area contributed by atoms with E-state index in [4.69, 9.17) is 9.47 Å². The summed E-state index contributed by atoms with van der Waals surface area (Å²) in [6.45, 7) is 2.38. The molecule has 21 heavy (non-hydrogen) atoms. The van der Waals surface area contributed by atoms with E-state index in [2.05, 4.69) is 5.32 Å². The first-order valence-electron chi connectivity index (χ1n) is 6.69. The lowest BCUT2D eigenvalue weighted by atomic mass is 10.1. The van der Waals surface area contributed by atoms with Crippen LogP contribution in [-0.4, -0.2) is 20.1 Å². The first-order valence-corrected chi connectivity index (χ1v) is 6.69. The van der Waals surface area contributed by atoms with Crippen molar-refractivity contribution in [3.63, 3.8) is 0 Å². The number of benzene rings is 2. The molecule has 0 atom stereocenters. The number of amides is 1. The first kappa shape index (κ1) is 14.9. The quantitative estimate of drug-likeness (QED) is 0.918. The first-order chi connectivity index (χ1) is 10.1. The van der Waals surface area contributed by atoms with E-state index in [0.717, 1.165) is 11.1 Å². The lowest BCUT2D eigenvalue weighted by Gasteiger charge is -2.10. The Balaban J connectivity index is 2.07. The van der Waals surface area contributed by atoms with Crippen LogP contribution in [0.1, 0.15) is 21.5 Å². The van der Waals surface area contributed by atoms with Crippen molar-refractivity contribution in [3.05, 3.63) is 59.2 Å². The Labute approximate surface area is 124 Å². The maximum atomic E-state index is 12.1. The minimum atomic E-state index is -0.0968. The molecule has 0 unspecified atom stereocenters. The van der Waals surface area contributed by atoms with Gasteiger partial charge in [0.25, 0.3) is 5.91 Å². The number of nitrogens with one attached hydrogen (secondary N) is 1. The average molecular weight is 285 g/mol. The molecule has 0 saturated heterocycles. The van der Waals surface area contributed by atoms with Gasteiger partial charge in [0, 0.05) is 18.2 Å². The van der Waals surface area contributed by atoms with Crippen LogP contribution in [0.2, 0.25) is 0 Å². The molecule has 0 aliphatic carbocycles. The van der Waals surface area contributed by atoms with E-state index >= 15 is 0 Å². The zero-order valence-electron chi connectivity index (χ0n) is 12.5. The fourth-order valence-electron chi connectivity index (χ4n) is 2.04. The number of carbonyl (C=O) groups is 1. The van der Waals surface area contributed by atoms with Crippen LogP contribution >= 0.6 is 0 Å². The molecule has 2 aromatic rings. The molecule has 110 valence electrons. The van der Waals surface area contributed by atoms with Crippen molar-refractivity contribution in [1.82, 2.24) is 5.32 Å². The van der Waals surface area contributed by atoms with Gasteiger partial charge in [0.05, 0.1) is 14.2 Å². The zero-order chi connectivity index (χ0) is 15.2. The average Bonchev–Trinajstić information content (AvgIpc) is 2.52. The van der Waals surface area contributed by atoms with E-state index in [-0.39, 0.29) is 5.91 Å². The van der Waals surface area contributed by atoms with Crippen LogP contribution in [0.15, 0.2) is 42.5 Å². The van der Waals surface area contributed by atoms with E-state index < -0.39 is 0 Å². The number of carbonyl (C=O) groups excluding carboxylic acids is 1. The van der Waals surface area contributed by atoms with Gasteiger partial charge in [0.15, 0.2) is 0 Å². The number of rotatable bonds is 5. The molecule has 0 bridgehead atoms. The molecular formula is C17H19NO3. The summed E-state index contributed by atoms with van der Waals surface area (Å²) in [5.74, 6) is 1.31. The van der Waals surface area contributed by atoms with Gasteiger partial charge >= 0.3 is 0 Å². The molecule has 2 aromatic carbocycles. The standard InChI is InChI=1S/C17H19NO3/c1-12-5-4-6-14(7-12)17(19)18-11-13-8-15(20-2)10-16(9-13)21-3/h4-10H,11H2,1-3H3,(H,18,19). The van der Waals surface area contributed by atoms with Crippen molar-refractivity contribution in [2.24, 2.45) is 0 Å². The third-order valence-corrected chi connectivity index (χ3v) is 3.14. The van der Waals surface area contributed by atoms with Crippen molar-refractivity contribution in [1.29, 1.82) is 0 Å². The maximum Gasteiger partial charge on any atom is 0.251 e. The summed E-state index contributed by atoms with van der Waals surface area (Å²) in [7, 11) is 3.20. The lowest BCUT2D eigenvalue weighted by Crippen LogP contribution is -2.22. The van der Waals surface area contributed by atoms with Gasteiger partial charge in [-0.3, -0.25) is 4.79 Å². The minimum absolute atomic E-state index is 0.0968. The normalized spacial score (nSPS) is 10.0. The van der Waals surface area contributed by atoms with Crippen LogP contribution in [0, 0.1) is 6.92 Å². The molecule has 0 fully saturated rings. The second-order valence-electron chi connectivity index (χ2n) is 4.77. The molecule has 1 amide bonds. The topological polar surface area (TPSA) is 47.6 Å². The molecular weight excluding hydrogens is 266 g/mol. The van der Waals surface area contributed by atoms with Gasteiger partial charge in [-0.15, -0.1) is 0 Å². The molecule has 0 spiro atoms. The Kier molecular flexibility index (Phi) is 4.82. The number of hydrogen-bond donors (Lipinski definition) is 1. The molecule has 0 saturated carbocycles. The Morgan fingerprint density at radius 1 is 1.05 bits per heavy atom. The SMILES string of the molecule is COc1cc(CNC(=O)c2cccc(C)c2)cc(OC)c1. The number of ether oxygens (including phenoxy) is 2. The Hall–Kier alpha value is -2.49. The summed E-state index contributed by atoms with van der Waals surface area (Å²) in [6.07, 6.45) is 0. The monoisotopic (exact) mass is 285 g/mol. The summed E-state index contributed by atoms with van der Waals surface area (Å²) in [6, 6.07) is 13.0. The molecule has 4 heteroatoms. The Bertz CT molecular complexity index is 615. The van der Waals surface area contributed by atoms with Gasteiger partial charge in [-0.25, -0.2) is 0 Å². The number of hydrogen-bond acceptors (Lipinski definition) is 3. The van der Waals surface area contributed by atoms with Crippen molar-refractivity contribution >= 4 is 5.91 Å². The van der Waals surface area contributed by atoms with E-state index in [0.29, 0.717) is 23.6 Å². The molecule has 0 aromatic heterocycles. The maximum absolute atomic E-state index is 12.1. The summed E-state index contributed by atoms with van der Waals surface area (Å²) < 4.78 is 10.4. The predicted molar refractivity (Wildman–Crippen MR) is 81.9 cm³/mol. The molecule has 1 N–H and O–H groups in total. The fraction of sp³-hybridized carbons (Fsp3) is 0.235. The van der Waals surface area contributed by atoms with Crippen LogP contribution in [-0.2, 0) is 6.54 Å². The second-order valence-corrected chi connectivity index (χ2v) is 4.77. The molecule has 0 aliphatic rings. The lowest BCUT2D eigenvalue weighted by molar-refractivity contribution is 0.0950. The molecule has 0 heterocycles. The highest BCUT2D eigenvalue weighted by Gasteiger charge is 2.07. The van der Waals surface area contributed by atoms with Crippen LogP contribution in [0.3, 0.4) is 0 Å². The predicted octanol–water partition coefficient (Wildman–Crippen LogP) is 2.94. The smallest absolute Gasteiger partial charge is 0.251 e. The molecule has 2 rings (SSSR count). The van der Waals surface area contributed by atoms with Gasteiger partial charge in [-0.1, -0.05) is 17.7 Å². The summed E-state index contributed by atoms with van der Waals surface area (Å²) >= 11 is 0. The van der Waals surface area contributed by atoms with Crippen molar-refractivity contribution < 1.29 is 14.3 Å². The van der Waals surface area contributed by atoms with Gasteiger partial charge in [0.2, 0.25) is 0 Å². The summed E-state index contributed by atoms with van der Waals surface area (Å²) in [5, 5.41) is 2.90. The van der Waals surface area contributed by atoms with Gasteiger partial charge in [-0.2, -0.15) is 0 Å². The van der Waals surface area contributed by atoms with Crippen LogP contribution in [0.25, 0.3) is 0 Å². The van der Waals surface area contributed by atoms with Crippen molar-refractivity contribution in [2.45, 2.75) is 13.5 Å². The van der Waals surface area contributed by atoms with Crippen LogP contribution < -0.4 is 14.8 Å². The number of methoxy groups -OCH3 is 2. The fourth-order valence-corrected chi connectivity index (χ4v) is 2.04. The molecule has 0 radical (unpaired) electrons. The van der Waals surface area contributed by atoms with Crippen LogP contribution in [0.4, 0.5) is 0 Å². The summed E-state index contributed by atoms with van der Waals surface area (Å²) in [5.41, 5.74) is 2.64. The van der Waals surface area contributed by atoms with Gasteiger partial charge in [0.1, 0.15) is 11.5 Å². The van der Waals surface area contributed by atoms with Crippen LogP contribution in [0.5, 0.6) is 11.5 Å². The van der Waals surface area contributed by atoms with E-state index in [1.807, 2.05) is 37.3 Å². The largest absolute Gasteiger partial charge is 0.497 e. The highest BCUT2D eigenvalue weighted by atomic mass is 16.5.